The van der Waals surface area contributed by atoms with E-state index in [2.05, 4.69) is 39.0 Å². The van der Waals surface area contributed by atoms with Crippen LogP contribution in [-0.4, -0.2) is 16.6 Å². The van der Waals surface area contributed by atoms with Crippen LogP contribution in [0.15, 0.2) is 83.9 Å². The number of fused-ring (bicyclic) bond motifs is 1. The molecule has 0 aliphatic rings. The predicted molar refractivity (Wildman–Crippen MR) is 127 cm³/mol. The Balaban J connectivity index is 1.61. The molecule has 3 aromatic carbocycles. The number of anilines is 2. The number of pyridine rings is 1. The zero-order valence-electron chi connectivity index (χ0n) is 17.4. The minimum atomic E-state index is 0.0255. The summed E-state index contributed by atoms with van der Waals surface area (Å²) < 4.78 is 0. The van der Waals surface area contributed by atoms with Crippen LogP contribution in [-0.2, 0) is 4.79 Å². The van der Waals surface area contributed by atoms with Gasteiger partial charge in [0.15, 0.2) is 0 Å². The molecule has 30 heavy (non-hydrogen) atoms. The van der Waals surface area contributed by atoms with Crippen LogP contribution in [0.2, 0.25) is 0 Å². The van der Waals surface area contributed by atoms with Gasteiger partial charge in [-0.3, -0.25) is 9.69 Å². The van der Waals surface area contributed by atoms with E-state index in [1.807, 2.05) is 60.7 Å². The van der Waals surface area contributed by atoms with Crippen LogP contribution in [0.25, 0.3) is 10.9 Å². The molecule has 4 rings (SSSR count). The second-order valence-electron chi connectivity index (χ2n) is 7.44. The average Bonchev–Trinajstić information content (AvgIpc) is 2.75. The summed E-state index contributed by atoms with van der Waals surface area (Å²) in [7, 11) is 0. The van der Waals surface area contributed by atoms with Crippen molar-refractivity contribution in [1.82, 2.24) is 4.98 Å². The number of rotatable bonds is 5. The number of thioether (sulfide) groups is 1. The van der Waals surface area contributed by atoms with Gasteiger partial charge in [0.25, 0.3) is 0 Å². The highest BCUT2D eigenvalue weighted by Gasteiger charge is 2.18. The number of hydrogen-bond acceptors (Lipinski definition) is 3. The number of para-hydroxylation sites is 2. The standard InChI is InChI=1S/C26H24N2OS/c1-18-14-20(3)26-23(15-18)19(2)16-24(27-26)30-17-25(29)28(21-10-6-4-7-11-21)22-12-8-5-9-13-22/h4-16H,17H2,1-3H3. The molecule has 0 saturated heterocycles. The summed E-state index contributed by atoms with van der Waals surface area (Å²) in [6, 6.07) is 25.9. The van der Waals surface area contributed by atoms with Crippen LogP contribution in [0.5, 0.6) is 0 Å². The molecule has 0 atom stereocenters. The van der Waals surface area contributed by atoms with Crippen LogP contribution in [0.4, 0.5) is 11.4 Å². The first-order valence-electron chi connectivity index (χ1n) is 9.97. The highest BCUT2D eigenvalue weighted by atomic mass is 32.2. The number of aromatic nitrogens is 1. The monoisotopic (exact) mass is 412 g/mol. The van der Waals surface area contributed by atoms with Crippen LogP contribution in [0.3, 0.4) is 0 Å². The van der Waals surface area contributed by atoms with Crippen LogP contribution in [0, 0.1) is 20.8 Å². The van der Waals surface area contributed by atoms with Crippen molar-refractivity contribution in [1.29, 1.82) is 0 Å². The Hall–Kier alpha value is -3.11. The Labute approximate surface area is 181 Å². The van der Waals surface area contributed by atoms with Gasteiger partial charge < -0.3 is 0 Å². The molecule has 4 aromatic rings. The minimum Gasteiger partial charge on any atom is -0.280 e. The van der Waals surface area contributed by atoms with Crippen molar-refractivity contribution >= 4 is 39.9 Å². The third-order valence-electron chi connectivity index (χ3n) is 5.05. The van der Waals surface area contributed by atoms with E-state index < -0.39 is 0 Å². The Bertz CT molecular complexity index is 1150. The molecule has 0 radical (unpaired) electrons. The summed E-state index contributed by atoms with van der Waals surface area (Å²) in [5.41, 5.74) is 6.33. The molecule has 0 fully saturated rings. The van der Waals surface area contributed by atoms with E-state index in [-0.39, 0.29) is 5.91 Å². The number of carbonyl (C=O) groups is 1. The van der Waals surface area contributed by atoms with Gasteiger partial charge in [0.05, 0.1) is 16.3 Å². The maximum atomic E-state index is 13.3. The highest BCUT2D eigenvalue weighted by molar-refractivity contribution is 7.99. The quantitative estimate of drug-likeness (QED) is 0.346. The van der Waals surface area contributed by atoms with Crippen molar-refractivity contribution in [3.63, 3.8) is 0 Å². The van der Waals surface area contributed by atoms with Gasteiger partial charge in [0.2, 0.25) is 5.91 Å². The van der Waals surface area contributed by atoms with Gasteiger partial charge in [-0.05, 0) is 68.3 Å². The Kier molecular flexibility index (Phi) is 5.86. The van der Waals surface area contributed by atoms with E-state index in [9.17, 15) is 4.79 Å². The van der Waals surface area contributed by atoms with Crippen molar-refractivity contribution in [2.24, 2.45) is 0 Å². The number of carbonyl (C=O) groups excluding carboxylic acids is 1. The number of aryl methyl sites for hydroxylation is 3. The molecule has 0 aliphatic heterocycles. The summed E-state index contributed by atoms with van der Waals surface area (Å²) in [5.74, 6) is 0.338. The van der Waals surface area contributed by atoms with E-state index in [0.717, 1.165) is 27.5 Å². The Morgan fingerprint density at radius 3 is 2.03 bits per heavy atom. The molecule has 0 spiro atoms. The van der Waals surface area contributed by atoms with Crippen LogP contribution < -0.4 is 4.90 Å². The fourth-order valence-corrected chi connectivity index (χ4v) is 4.50. The van der Waals surface area contributed by atoms with E-state index in [1.54, 1.807) is 4.90 Å². The van der Waals surface area contributed by atoms with Crippen molar-refractivity contribution in [2.45, 2.75) is 25.8 Å². The van der Waals surface area contributed by atoms with Gasteiger partial charge in [-0.1, -0.05) is 59.8 Å². The van der Waals surface area contributed by atoms with Gasteiger partial charge in [-0.15, -0.1) is 0 Å². The minimum absolute atomic E-state index is 0.0255. The summed E-state index contributed by atoms with van der Waals surface area (Å²) >= 11 is 1.49. The smallest absolute Gasteiger partial charge is 0.241 e. The molecule has 0 saturated carbocycles. The molecule has 0 bridgehead atoms. The normalized spacial score (nSPS) is 10.9. The summed E-state index contributed by atoms with van der Waals surface area (Å²) in [4.78, 5) is 19.9. The van der Waals surface area contributed by atoms with Crippen LogP contribution >= 0.6 is 11.8 Å². The first-order chi connectivity index (χ1) is 14.5. The van der Waals surface area contributed by atoms with E-state index in [4.69, 9.17) is 4.98 Å². The lowest BCUT2D eigenvalue weighted by Gasteiger charge is -2.23. The Morgan fingerprint density at radius 1 is 0.833 bits per heavy atom. The van der Waals surface area contributed by atoms with E-state index in [1.165, 1.54) is 28.3 Å². The molecule has 0 unspecified atom stereocenters. The molecule has 4 heteroatoms. The van der Waals surface area contributed by atoms with Crippen molar-refractivity contribution in [2.75, 3.05) is 10.7 Å². The first-order valence-corrected chi connectivity index (χ1v) is 11.0. The van der Waals surface area contributed by atoms with Gasteiger partial charge in [0.1, 0.15) is 0 Å². The lowest BCUT2D eigenvalue weighted by molar-refractivity contribution is -0.115. The fourth-order valence-electron chi connectivity index (χ4n) is 3.68. The molecular formula is C26H24N2OS. The molecule has 150 valence electrons. The average molecular weight is 413 g/mol. The number of hydrogen-bond donors (Lipinski definition) is 0. The topological polar surface area (TPSA) is 33.2 Å². The summed E-state index contributed by atoms with van der Waals surface area (Å²) in [5, 5.41) is 2.06. The number of nitrogens with zero attached hydrogens (tertiary/aromatic N) is 2. The third kappa shape index (κ3) is 4.24. The molecule has 1 aromatic heterocycles. The third-order valence-corrected chi connectivity index (χ3v) is 5.95. The summed E-state index contributed by atoms with van der Waals surface area (Å²) in [6.07, 6.45) is 0. The van der Waals surface area contributed by atoms with Gasteiger partial charge in [-0.25, -0.2) is 4.98 Å². The lowest BCUT2D eigenvalue weighted by atomic mass is 10.0. The summed E-state index contributed by atoms with van der Waals surface area (Å²) in [6.45, 7) is 6.30. The van der Waals surface area contributed by atoms with E-state index >= 15 is 0 Å². The van der Waals surface area contributed by atoms with Crippen LogP contribution in [0.1, 0.15) is 16.7 Å². The Morgan fingerprint density at radius 2 is 1.43 bits per heavy atom. The van der Waals surface area contributed by atoms with Gasteiger partial charge >= 0.3 is 0 Å². The molecule has 1 heterocycles. The molecule has 1 amide bonds. The van der Waals surface area contributed by atoms with Crippen molar-refractivity contribution in [3.05, 3.63) is 95.6 Å². The van der Waals surface area contributed by atoms with Gasteiger partial charge in [-0.2, -0.15) is 0 Å². The maximum Gasteiger partial charge on any atom is 0.241 e. The lowest BCUT2D eigenvalue weighted by Crippen LogP contribution is -2.27. The largest absolute Gasteiger partial charge is 0.280 e. The molecule has 3 nitrogen and oxygen atoms in total. The number of amides is 1. The number of benzene rings is 3. The van der Waals surface area contributed by atoms with E-state index in [0.29, 0.717) is 5.75 Å². The second kappa shape index (κ2) is 8.72. The van der Waals surface area contributed by atoms with Crippen molar-refractivity contribution in [3.8, 4) is 0 Å². The predicted octanol–water partition coefficient (Wildman–Crippen LogP) is 6.62. The first kappa shape index (κ1) is 20.2. The zero-order valence-corrected chi connectivity index (χ0v) is 18.2. The van der Waals surface area contributed by atoms with Gasteiger partial charge in [0, 0.05) is 16.8 Å². The van der Waals surface area contributed by atoms with Crippen molar-refractivity contribution < 1.29 is 4.79 Å². The molecule has 0 aliphatic carbocycles. The SMILES string of the molecule is Cc1cc(C)c2nc(SCC(=O)N(c3ccccc3)c3ccccc3)cc(C)c2c1. The molecule has 0 N–H and O–H groups in total. The maximum absolute atomic E-state index is 13.3. The molecular weight excluding hydrogens is 388 g/mol. The highest BCUT2D eigenvalue weighted by Crippen LogP contribution is 2.29. The second-order valence-corrected chi connectivity index (χ2v) is 8.44. The fraction of sp³-hybridized carbons (Fsp3) is 0.154. The zero-order chi connectivity index (χ0) is 21.1.